The first-order valence-electron chi connectivity index (χ1n) is 9.30. The molecule has 5 rings (SSSR count). The van der Waals surface area contributed by atoms with E-state index in [-0.39, 0.29) is 0 Å². The van der Waals surface area contributed by atoms with E-state index in [0.717, 1.165) is 46.1 Å². The fourth-order valence-electron chi connectivity index (χ4n) is 3.65. The summed E-state index contributed by atoms with van der Waals surface area (Å²) in [5.41, 5.74) is 4.64. The summed E-state index contributed by atoms with van der Waals surface area (Å²) in [5, 5.41) is 17.2. The van der Waals surface area contributed by atoms with Gasteiger partial charge in [0, 0.05) is 51.0 Å². The van der Waals surface area contributed by atoms with Gasteiger partial charge in [-0.15, -0.1) is 0 Å². The standard InChI is InChI=1S/C18H22N10/c1-11-12(2)26-6-16-20-18(24-22-16)8-28-10-27(13(3)14(28)4)7-17-19-15(21-23-17)5-25(11)9-26/h9-10H,5-8H2,1-4H3. The number of nitrogens with zero attached hydrogens (tertiary/aromatic N) is 10. The smallest absolute Gasteiger partial charge is 0.244 e. The fraction of sp³-hybridized carbons (Fsp3) is 0.444. The number of imidazole rings is 2. The summed E-state index contributed by atoms with van der Waals surface area (Å²) in [6.07, 6.45) is 4.12. The number of hydrogen-bond donors (Lipinski definition) is 0. The van der Waals surface area contributed by atoms with Gasteiger partial charge in [0.25, 0.3) is 0 Å². The van der Waals surface area contributed by atoms with Crippen molar-refractivity contribution in [3.05, 3.63) is 58.7 Å². The van der Waals surface area contributed by atoms with Gasteiger partial charge in [-0.1, -0.05) is 0 Å². The van der Waals surface area contributed by atoms with Gasteiger partial charge in [0.1, 0.15) is 49.0 Å². The lowest BCUT2D eigenvalue weighted by Gasteiger charge is -2.01. The molecule has 144 valence electrons. The van der Waals surface area contributed by atoms with Gasteiger partial charge in [0.2, 0.25) is 12.7 Å². The molecule has 0 radical (unpaired) electrons. The zero-order valence-corrected chi connectivity index (χ0v) is 16.5. The first-order chi connectivity index (χ1) is 13.5. The highest BCUT2D eigenvalue weighted by Crippen LogP contribution is 2.09. The Morgan fingerprint density at radius 3 is 1.54 bits per heavy atom. The normalized spacial score (nSPS) is 13.9. The predicted octanol–water partition coefficient (Wildman–Crippen LogP) is -0.901. The van der Waals surface area contributed by atoms with Gasteiger partial charge in [-0.25, -0.2) is 18.3 Å². The lowest BCUT2D eigenvalue weighted by Crippen LogP contribution is -2.37. The number of hydrogen-bond acceptors (Lipinski definition) is 4. The number of rotatable bonds is 0. The average Bonchev–Trinajstić information content (AvgIpc) is 3.41. The Morgan fingerprint density at radius 2 is 1.07 bits per heavy atom. The molecule has 4 aromatic heterocycles. The second kappa shape index (κ2) is 6.11. The molecule has 0 aliphatic carbocycles. The molecule has 8 bridgehead atoms. The zero-order chi connectivity index (χ0) is 19.4. The SMILES string of the molecule is Cc1c(C)[n+]2cn1Cc1nnc([n-]1)Cn1c[n+](c(C)c1C)Cc1nnc([n-]1)C2. The van der Waals surface area contributed by atoms with Crippen LogP contribution in [0.15, 0.2) is 12.7 Å². The van der Waals surface area contributed by atoms with Crippen molar-refractivity contribution >= 4 is 0 Å². The molecule has 10 heteroatoms. The fourth-order valence-corrected chi connectivity index (χ4v) is 3.65. The van der Waals surface area contributed by atoms with Crippen molar-refractivity contribution in [3.8, 4) is 0 Å². The Balaban J connectivity index is 1.61. The van der Waals surface area contributed by atoms with Crippen LogP contribution in [0.2, 0.25) is 0 Å². The largest absolute Gasteiger partial charge is 0.359 e. The van der Waals surface area contributed by atoms with Crippen LogP contribution in [0.3, 0.4) is 0 Å². The Hall–Kier alpha value is -3.30. The third-order valence-electron chi connectivity index (χ3n) is 5.65. The van der Waals surface area contributed by atoms with E-state index in [0.29, 0.717) is 26.2 Å². The molecular weight excluding hydrogens is 356 g/mol. The molecule has 1 aliphatic heterocycles. The van der Waals surface area contributed by atoms with Crippen LogP contribution in [-0.4, -0.2) is 29.5 Å². The average molecular weight is 378 g/mol. The van der Waals surface area contributed by atoms with E-state index in [4.69, 9.17) is 0 Å². The van der Waals surface area contributed by atoms with Crippen LogP contribution in [0.5, 0.6) is 0 Å². The minimum atomic E-state index is 0.585. The van der Waals surface area contributed by atoms with Crippen LogP contribution in [0.25, 0.3) is 0 Å². The molecule has 0 saturated heterocycles. The third kappa shape index (κ3) is 2.72. The lowest BCUT2D eigenvalue weighted by atomic mass is 10.3. The minimum Gasteiger partial charge on any atom is -0.359 e. The maximum absolute atomic E-state index is 4.64. The Kier molecular flexibility index (Phi) is 3.68. The highest BCUT2D eigenvalue weighted by molar-refractivity contribution is 5.07. The van der Waals surface area contributed by atoms with Crippen LogP contribution in [0.4, 0.5) is 0 Å². The second-order valence-electron chi connectivity index (χ2n) is 7.37. The van der Waals surface area contributed by atoms with Gasteiger partial charge in [-0.3, -0.25) is 0 Å². The van der Waals surface area contributed by atoms with Gasteiger partial charge in [-0.05, 0) is 0 Å². The van der Waals surface area contributed by atoms with Crippen LogP contribution in [0, 0.1) is 27.7 Å². The summed E-state index contributed by atoms with van der Waals surface area (Å²) in [4.78, 5) is 9.28. The van der Waals surface area contributed by atoms with Crippen LogP contribution >= 0.6 is 0 Å². The molecule has 0 N–H and O–H groups in total. The molecular formula is C18H22N10. The van der Waals surface area contributed by atoms with Crippen LogP contribution < -0.4 is 19.1 Å². The van der Waals surface area contributed by atoms with Gasteiger partial charge in [0.15, 0.2) is 0 Å². The summed E-state index contributed by atoms with van der Waals surface area (Å²) in [7, 11) is 0. The highest BCUT2D eigenvalue weighted by Gasteiger charge is 2.19. The van der Waals surface area contributed by atoms with Crippen LogP contribution in [0.1, 0.15) is 46.1 Å². The predicted molar refractivity (Wildman–Crippen MR) is 95.3 cm³/mol. The van der Waals surface area contributed by atoms with Crippen molar-refractivity contribution < 1.29 is 9.13 Å². The summed E-state index contributed by atoms with van der Waals surface area (Å²) >= 11 is 0. The molecule has 0 fully saturated rings. The number of aromatic nitrogens is 10. The van der Waals surface area contributed by atoms with Crippen molar-refractivity contribution in [2.45, 2.75) is 53.9 Å². The summed E-state index contributed by atoms with van der Waals surface area (Å²) < 4.78 is 8.55. The van der Waals surface area contributed by atoms with E-state index >= 15 is 0 Å². The van der Waals surface area contributed by atoms with Crippen molar-refractivity contribution in [1.29, 1.82) is 0 Å². The van der Waals surface area contributed by atoms with E-state index in [1.807, 2.05) is 0 Å². The molecule has 0 spiro atoms. The molecule has 10 nitrogen and oxygen atoms in total. The summed E-state index contributed by atoms with van der Waals surface area (Å²) in [6.45, 7) is 10.7. The molecule has 0 saturated carbocycles. The maximum Gasteiger partial charge on any atom is 0.244 e. The van der Waals surface area contributed by atoms with E-state index < -0.39 is 0 Å². The van der Waals surface area contributed by atoms with Gasteiger partial charge in [0.05, 0.1) is 0 Å². The quantitative estimate of drug-likeness (QED) is 0.324. The minimum absolute atomic E-state index is 0.585. The highest BCUT2D eigenvalue weighted by atomic mass is 15.3. The topological polar surface area (TPSA) is 97.4 Å². The van der Waals surface area contributed by atoms with Gasteiger partial charge < -0.3 is 30.4 Å². The van der Waals surface area contributed by atoms with Crippen molar-refractivity contribution in [2.24, 2.45) is 0 Å². The molecule has 1 aliphatic rings. The Morgan fingerprint density at radius 1 is 0.679 bits per heavy atom. The molecule has 5 heterocycles. The third-order valence-corrected chi connectivity index (χ3v) is 5.65. The Labute approximate surface area is 161 Å². The van der Waals surface area contributed by atoms with Crippen molar-refractivity contribution in [1.82, 2.24) is 39.5 Å². The summed E-state index contributed by atoms with van der Waals surface area (Å²) in [5.74, 6) is 2.87. The maximum atomic E-state index is 4.64. The van der Waals surface area contributed by atoms with E-state index in [1.54, 1.807) is 0 Å². The molecule has 0 aromatic carbocycles. The molecule has 4 aromatic rings. The molecule has 28 heavy (non-hydrogen) atoms. The van der Waals surface area contributed by atoms with E-state index in [2.05, 4.69) is 89.0 Å². The van der Waals surface area contributed by atoms with Crippen molar-refractivity contribution in [3.63, 3.8) is 0 Å². The lowest BCUT2D eigenvalue weighted by molar-refractivity contribution is -0.695. The molecule has 0 unspecified atom stereocenters. The van der Waals surface area contributed by atoms with Gasteiger partial charge in [-0.2, -0.15) is 0 Å². The molecule has 0 amide bonds. The first kappa shape index (κ1) is 16.8. The van der Waals surface area contributed by atoms with Gasteiger partial charge >= 0.3 is 0 Å². The monoisotopic (exact) mass is 378 g/mol. The Bertz CT molecular complexity index is 997. The van der Waals surface area contributed by atoms with E-state index in [1.165, 1.54) is 0 Å². The van der Waals surface area contributed by atoms with Crippen molar-refractivity contribution in [2.75, 3.05) is 0 Å². The number of fused-ring (bicyclic) bond motifs is 8. The first-order valence-corrected chi connectivity index (χ1v) is 9.30. The summed E-state index contributed by atoms with van der Waals surface area (Å²) in [6, 6.07) is 0. The zero-order valence-electron chi connectivity index (χ0n) is 16.5. The second-order valence-corrected chi connectivity index (χ2v) is 7.37. The van der Waals surface area contributed by atoms with E-state index in [9.17, 15) is 0 Å². The molecule has 0 atom stereocenters. The van der Waals surface area contributed by atoms with Crippen LogP contribution in [-0.2, 0) is 26.2 Å².